The molecule has 0 spiro atoms. The lowest BCUT2D eigenvalue weighted by Crippen LogP contribution is -2.51. The van der Waals surface area contributed by atoms with Crippen LogP contribution < -0.4 is 5.32 Å². The van der Waals surface area contributed by atoms with Crippen molar-refractivity contribution in [2.45, 2.75) is 12.1 Å². The minimum atomic E-state index is 0.0925. The topological polar surface area (TPSA) is 41.6 Å². The number of amides is 1. The molecule has 0 bridgehead atoms. The Balaban J connectivity index is 2.11. The Labute approximate surface area is 65.5 Å². The van der Waals surface area contributed by atoms with Crippen LogP contribution in [0.25, 0.3) is 0 Å². The Morgan fingerprint density at radius 1 is 1.64 bits per heavy atom. The van der Waals surface area contributed by atoms with E-state index in [2.05, 4.69) is 5.32 Å². The van der Waals surface area contributed by atoms with Gasteiger partial charge in [-0.25, -0.2) is 0 Å². The number of carbonyl (C=O) groups is 1. The number of ether oxygens (including phenoxy) is 1. The van der Waals surface area contributed by atoms with Gasteiger partial charge in [-0.1, -0.05) is 0 Å². The van der Waals surface area contributed by atoms with Crippen molar-refractivity contribution < 1.29 is 9.53 Å². The van der Waals surface area contributed by atoms with Crippen molar-refractivity contribution in [1.82, 2.24) is 10.2 Å². The summed E-state index contributed by atoms with van der Waals surface area (Å²) in [5, 5.41) is 3.20. The van der Waals surface area contributed by atoms with Gasteiger partial charge in [0, 0.05) is 20.1 Å². The summed E-state index contributed by atoms with van der Waals surface area (Å²) in [6, 6.07) is 0.260. The van der Waals surface area contributed by atoms with Crippen LogP contribution >= 0.6 is 0 Å². The number of morpholine rings is 1. The lowest BCUT2D eigenvalue weighted by Gasteiger charge is -2.33. The van der Waals surface area contributed by atoms with E-state index >= 15 is 0 Å². The molecule has 2 rings (SSSR count). The molecule has 0 aliphatic carbocycles. The zero-order valence-electron chi connectivity index (χ0n) is 6.54. The maximum atomic E-state index is 11.1. The van der Waals surface area contributed by atoms with Gasteiger partial charge in [-0.15, -0.1) is 0 Å². The summed E-state index contributed by atoms with van der Waals surface area (Å²) < 4.78 is 5.33. The Kier molecular flexibility index (Phi) is 1.58. The third kappa shape index (κ3) is 1.02. The molecule has 2 atom stereocenters. The molecule has 4 heteroatoms. The average molecular weight is 156 g/mol. The highest BCUT2D eigenvalue weighted by Crippen LogP contribution is 2.15. The van der Waals surface area contributed by atoms with Gasteiger partial charge in [-0.3, -0.25) is 4.79 Å². The molecule has 0 aromatic rings. The first-order valence-corrected chi connectivity index (χ1v) is 3.87. The molecule has 2 aliphatic rings. The summed E-state index contributed by atoms with van der Waals surface area (Å²) in [5.41, 5.74) is 0. The van der Waals surface area contributed by atoms with Crippen LogP contribution in [0, 0.1) is 0 Å². The van der Waals surface area contributed by atoms with E-state index in [1.54, 1.807) is 4.90 Å². The van der Waals surface area contributed by atoms with E-state index in [0.29, 0.717) is 0 Å². The van der Waals surface area contributed by atoms with Gasteiger partial charge >= 0.3 is 0 Å². The van der Waals surface area contributed by atoms with E-state index in [1.165, 1.54) is 0 Å². The van der Waals surface area contributed by atoms with Crippen LogP contribution in [0.2, 0.25) is 0 Å². The Hall–Kier alpha value is -0.610. The Morgan fingerprint density at radius 2 is 2.45 bits per heavy atom. The molecule has 2 fully saturated rings. The van der Waals surface area contributed by atoms with Gasteiger partial charge in [0.2, 0.25) is 5.91 Å². The van der Waals surface area contributed by atoms with Gasteiger partial charge in [0.05, 0.1) is 12.1 Å². The standard InChI is InChI=1S/C7H12N2O2/c1-9-5-2-8-3-6(5)11-4-7(9)10/h5-6,8H,2-4H2,1H3/t5-,6+/m1/s1. The first-order valence-electron chi connectivity index (χ1n) is 3.87. The van der Waals surface area contributed by atoms with E-state index in [4.69, 9.17) is 4.74 Å². The zero-order chi connectivity index (χ0) is 7.84. The molecule has 2 saturated heterocycles. The highest BCUT2D eigenvalue weighted by molar-refractivity contribution is 5.78. The second-order valence-corrected chi connectivity index (χ2v) is 3.08. The highest BCUT2D eigenvalue weighted by Gasteiger charge is 2.37. The lowest BCUT2D eigenvalue weighted by atomic mass is 10.1. The van der Waals surface area contributed by atoms with Crippen molar-refractivity contribution in [2.75, 3.05) is 26.7 Å². The number of nitrogens with zero attached hydrogens (tertiary/aromatic N) is 1. The van der Waals surface area contributed by atoms with Crippen LogP contribution in [0.3, 0.4) is 0 Å². The average Bonchev–Trinajstić information content (AvgIpc) is 2.45. The predicted octanol–water partition coefficient (Wildman–Crippen LogP) is -1.18. The summed E-state index contributed by atoms with van der Waals surface area (Å²) in [5.74, 6) is 0.0925. The third-order valence-electron chi connectivity index (χ3n) is 2.44. The predicted molar refractivity (Wildman–Crippen MR) is 39.2 cm³/mol. The smallest absolute Gasteiger partial charge is 0.248 e. The van der Waals surface area contributed by atoms with Gasteiger partial charge in [0.1, 0.15) is 6.61 Å². The van der Waals surface area contributed by atoms with E-state index in [-0.39, 0.29) is 24.7 Å². The Bertz CT molecular complexity index is 183. The van der Waals surface area contributed by atoms with Crippen LogP contribution in [0.4, 0.5) is 0 Å². The number of hydrogen-bond acceptors (Lipinski definition) is 3. The molecule has 1 amide bonds. The number of carbonyl (C=O) groups excluding carboxylic acids is 1. The van der Waals surface area contributed by atoms with Gasteiger partial charge in [0.25, 0.3) is 0 Å². The molecule has 1 N–H and O–H groups in total. The second kappa shape index (κ2) is 2.46. The van der Waals surface area contributed by atoms with Crippen LogP contribution in [0.1, 0.15) is 0 Å². The summed E-state index contributed by atoms with van der Waals surface area (Å²) in [7, 11) is 1.84. The molecule has 11 heavy (non-hydrogen) atoms. The van der Waals surface area contributed by atoms with Crippen molar-refractivity contribution in [3.63, 3.8) is 0 Å². The van der Waals surface area contributed by atoms with E-state index < -0.39 is 0 Å². The van der Waals surface area contributed by atoms with Crippen LogP contribution in [0.15, 0.2) is 0 Å². The fraction of sp³-hybridized carbons (Fsp3) is 0.857. The normalized spacial score (nSPS) is 37.5. The molecule has 62 valence electrons. The maximum Gasteiger partial charge on any atom is 0.248 e. The Morgan fingerprint density at radius 3 is 3.27 bits per heavy atom. The maximum absolute atomic E-state index is 11.1. The SMILES string of the molecule is CN1C(=O)CO[C@H]2CNC[C@H]21. The molecule has 0 saturated carbocycles. The number of likely N-dealkylation sites (N-methyl/N-ethyl adjacent to an activating group) is 1. The number of nitrogens with one attached hydrogen (secondary N) is 1. The fourth-order valence-corrected chi connectivity index (χ4v) is 1.66. The second-order valence-electron chi connectivity index (χ2n) is 3.08. The van der Waals surface area contributed by atoms with Crippen molar-refractivity contribution in [3.8, 4) is 0 Å². The van der Waals surface area contributed by atoms with Crippen molar-refractivity contribution in [3.05, 3.63) is 0 Å². The van der Waals surface area contributed by atoms with E-state index in [0.717, 1.165) is 13.1 Å². The zero-order valence-corrected chi connectivity index (χ0v) is 6.54. The van der Waals surface area contributed by atoms with Gasteiger partial charge < -0.3 is 15.0 Å². The molecular weight excluding hydrogens is 144 g/mol. The summed E-state index contributed by atoms with van der Waals surface area (Å²) in [4.78, 5) is 12.9. The quantitative estimate of drug-likeness (QED) is 0.480. The molecule has 4 nitrogen and oxygen atoms in total. The van der Waals surface area contributed by atoms with E-state index in [9.17, 15) is 4.79 Å². The van der Waals surface area contributed by atoms with Crippen molar-refractivity contribution >= 4 is 5.91 Å². The minimum absolute atomic E-state index is 0.0925. The monoisotopic (exact) mass is 156 g/mol. The molecule has 0 aromatic carbocycles. The number of rotatable bonds is 0. The van der Waals surface area contributed by atoms with Crippen molar-refractivity contribution in [1.29, 1.82) is 0 Å². The first kappa shape index (κ1) is 7.06. The molecule has 2 aliphatic heterocycles. The number of fused-ring (bicyclic) bond motifs is 1. The molecule has 0 radical (unpaired) electrons. The number of hydrogen-bond donors (Lipinski definition) is 1. The highest BCUT2D eigenvalue weighted by atomic mass is 16.5. The van der Waals surface area contributed by atoms with Gasteiger partial charge in [0.15, 0.2) is 0 Å². The lowest BCUT2D eigenvalue weighted by molar-refractivity contribution is -0.150. The van der Waals surface area contributed by atoms with Crippen LogP contribution in [0.5, 0.6) is 0 Å². The largest absolute Gasteiger partial charge is 0.365 e. The molecule has 0 aromatic heterocycles. The third-order valence-corrected chi connectivity index (χ3v) is 2.44. The van der Waals surface area contributed by atoms with Crippen LogP contribution in [-0.4, -0.2) is 49.7 Å². The summed E-state index contributed by atoms with van der Waals surface area (Å²) >= 11 is 0. The summed E-state index contributed by atoms with van der Waals surface area (Å²) in [6.07, 6.45) is 0.220. The van der Waals surface area contributed by atoms with Crippen LogP contribution in [-0.2, 0) is 9.53 Å². The first-order chi connectivity index (χ1) is 5.29. The minimum Gasteiger partial charge on any atom is -0.365 e. The molecular formula is C7H12N2O2. The summed E-state index contributed by atoms with van der Waals surface area (Å²) in [6.45, 7) is 1.99. The van der Waals surface area contributed by atoms with Crippen molar-refractivity contribution in [2.24, 2.45) is 0 Å². The molecule has 0 unspecified atom stereocenters. The fourth-order valence-electron chi connectivity index (χ4n) is 1.66. The van der Waals surface area contributed by atoms with E-state index in [1.807, 2.05) is 7.05 Å². The van der Waals surface area contributed by atoms with Gasteiger partial charge in [-0.2, -0.15) is 0 Å². The molecule has 2 heterocycles. The van der Waals surface area contributed by atoms with Gasteiger partial charge in [-0.05, 0) is 0 Å².